The van der Waals surface area contributed by atoms with Gasteiger partial charge in [0.05, 0.1) is 23.2 Å². The number of aromatic carboxylic acids is 1. The van der Waals surface area contributed by atoms with Crippen molar-refractivity contribution >= 4 is 11.9 Å². The Kier molecular flexibility index (Phi) is 5.83. The van der Waals surface area contributed by atoms with Gasteiger partial charge in [0, 0.05) is 6.04 Å². The number of carbonyl (C=O) groups is 2. The van der Waals surface area contributed by atoms with E-state index in [-0.39, 0.29) is 35.1 Å². The summed E-state index contributed by atoms with van der Waals surface area (Å²) in [7, 11) is 0. The van der Waals surface area contributed by atoms with Crippen molar-refractivity contribution in [2.24, 2.45) is 0 Å². The highest BCUT2D eigenvalue weighted by Gasteiger charge is 2.53. The Labute approximate surface area is 217 Å². The molecule has 196 valence electrons. The molecule has 3 aliphatic rings. The van der Waals surface area contributed by atoms with Crippen LogP contribution in [0.1, 0.15) is 64.9 Å². The first-order valence-electron chi connectivity index (χ1n) is 12.5. The van der Waals surface area contributed by atoms with Crippen molar-refractivity contribution < 1.29 is 37.7 Å². The number of fused-ring (bicyclic) bond motifs is 1. The summed E-state index contributed by atoms with van der Waals surface area (Å²) in [4.78, 5) is 25.1. The van der Waals surface area contributed by atoms with E-state index in [0.717, 1.165) is 11.1 Å². The zero-order chi connectivity index (χ0) is 26.5. The van der Waals surface area contributed by atoms with Crippen molar-refractivity contribution in [3.05, 3.63) is 95.1 Å². The average Bonchev–Trinajstić information content (AvgIpc) is 3.66. The van der Waals surface area contributed by atoms with Gasteiger partial charge in [-0.2, -0.15) is 0 Å². The molecule has 1 amide bonds. The van der Waals surface area contributed by atoms with E-state index < -0.39 is 23.8 Å². The minimum absolute atomic E-state index is 0.0588. The number of amides is 1. The van der Waals surface area contributed by atoms with Crippen LogP contribution in [0.2, 0.25) is 0 Å². The molecule has 0 radical (unpaired) electrons. The molecule has 7 nitrogen and oxygen atoms in total. The maximum Gasteiger partial charge on any atom is 0.586 e. The minimum atomic E-state index is -3.72. The molecule has 1 aliphatic carbocycles. The summed E-state index contributed by atoms with van der Waals surface area (Å²) in [6, 6.07) is 20.6. The number of halogens is 2. The van der Waals surface area contributed by atoms with Gasteiger partial charge >= 0.3 is 12.3 Å². The summed E-state index contributed by atoms with van der Waals surface area (Å²) < 4.78 is 42.5. The molecule has 1 saturated heterocycles. The van der Waals surface area contributed by atoms with Crippen molar-refractivity contribution in [1.29, 1.82) is 0 Å². The summed E-state index contributed by atoms with van der Waals surface area (Å²) >= 11 is 0. The van der Waals surface area contributed by atoms with Crippen molar-refractivity contribution in [3.63, 3.8) is 0 Å². The summed E-state index contributed by atoms with van der Waals surface area (Å²) in [5.41, 5.74) is 1.63. The summed E-state index contributed by atoms with van der Waals surface area (Å²) in [6.07, 6.45) is -2.29. The molecule has 3 atom stereocenters. The second-order valence-electron chi connectivity index (χ2n) is 10.0. The summed E-state index contributed by atoms with van der Waals surface area (Å²) in [6.45, 7) is 0. The van der Waals surface area contributed by atoms with Gasteiger partial charge in [0.15, 0.2) is 11.5 Å². The van der Waals surface area contributed by atoms with Crippen LogP contribution >= 0.6 is 0 Å². The smallest absolute Gasteiger partial charge is 0.478 e. The van der Waals surface area contributed by atoms with Crippen molar-refractivity contribution in [2.75, 3.05) is 0 Å². The fraction of sp³-hybridized carbons (Fsp3) is 0.310. The van der Waals surface area contributed by atoms with Gasteiger partial charge in [-0.15, -0.1) is 8.78 Å². The maximum atomic E-state index is 13.6. The van der Waals surface area contributed by atoms with E-state index in [1.807, 2.05) is 36.4 Å². The first-order chi connectivity index (χ1) is 18.2. The van der Waals surface area contributed by atoms with Crippen LogP contribution in [0.4, 0.5) is 8.78 Å². The zero-order valence-electron chi connectivity index (χ0n) is 20.2. The lowest BCUT2D eigenvalue weighted by atomic mass is 9.89. The van der Waals surface area contributed by atoms with Gasteiger partial charge in [0.2, 0.25) is 5.91 Å². The highest BCUT2D eigenvalue weighted by atomic mass is 19.3. The third-order valence-electron chi connectivity index (χ3n) is 7.48. The fourth-order valence-corrected chi connectivity index (χ4v) is 5.35. The number of carbonyl (C=O) groups excluding carboxylic acids is 1. The molecule has 0 spiro atoms. The van der Waals surface area contributed by atoms with Crippen LogP contribution in [0.25, 0.3) is 0 Å². The SMILES string of the molecule is O=C(O)c1cccc([C@H]2C[C@@H](NC(=O)C3(c4ccc5c(c4)OC(F)(F)O5)CC3)C[C@@H](c3ccccc3)O2)c1. The van der Waals surface area contributed by atoms with Crippen molar-refractivity contribution in [2.45, 2.75) is 55.6 Å². The van der Waals surface area contributed by atoms with Crippen LogP contribution in [0.3, 0.4) is 0 Å². The third-order valence-corrected chi connectivity index (χ3v) is 7.48. The van der Waals surface area contributed by atoms with Crippen LogP contribution in [0.15, 0.2) is 72.8 Å². The van der Waals surface area contributed by atoms with E-state index >= 15 is 0 Å². The number of nitrogens with one attached hydrogen (secondary N) is 1. The topological polar surface area (TPSA) is 94.1 Å². The highest BCUT2D eigenvalue weighted by Crippen LogP contribution is 2.52. The lowest BCUT2D eigenvalue weighted by molar-refractivity contribution is -0.286. The van der Waals surface area contributed by atoms with Crippen molar-refractivity contribution in [1.82, 2.24) is 5.32 Å². The molecule has 2 N–H and O–H groups in total. The number of rotatable bonds is 6. The van der Waals surface area contributed by atoms with Gasteiger partial charge in [0.1, 0.15) is 0 Å². The van der Waals surface area contributed by atoms with Crippen molar-refractivity contribution in [3.8, 4) is 11.5 Å². The van der Waals surface area contributed by atoms with Crippen LogP contribution in [-0.4, -0.2) is 29.3 Å². The Morgan fingerprint density at radius 3 is 2.24 bits per heavy atom. The summed E-state index contributed by atoms with van der Waals surface area (Å²) in [5.74, 6) is -1.35. The number of hydrogen-bond donors (Lipinski definition) is 2. The van der Waals surface area contributed by atoms with Crippen LogP contribution in [-0.2, 0) is 14.9 Å². The Hall–Kier alpha value is -3.98. The van der Waals surface area contributed by atoms with Crippen LogP contribution in [0, 0.1) is 0 Å². The molecule has 0 aromatic heterocycles. The first kappa shape index (κ1) is 24.4. The molecule has 38 heavy (non-hydrogen) atoms. The molecule has 3 aromatic carbocycles. The van der Waals surface area contributed by atoms with E-state index in [1.165, 1.54) is 18.2 Å². The number of carboxylic acid groups (broad SMARTS) is 1. The Morgan fingerprint density at radius 1 is 0.842 bits per heavy atom. The number of ether oxygens (including phenoxy) is 3. The zero-order valence-corrected chi connectivity index (χ0v) is 20.2. The third kappa shape index (κ3) is 4.58. The monoisotopic (exact) mass is 521 g/mol. The number of benzene rings is 3. The highest BCUT2D eigenvalue weighted by molar-refractivity contribution is 5.91. The second-order valence-corrected chi connectivity index (χ2v) is 10.0. The van der Waals surface area contributed by atoms with E-state index in [9.17, 15) is 23.5 Å². The molecule has 2 aliphatic heterocycles. The molecule has 9 heteroatoms. The molecular formula is C29H25F2NO6. The molecule has 0 unspecified atom stereocenters. The van der Waals surface area contributed by atoms with Gasteiger partial charge in [-0.05, 0) is 66.6 Å². The second kappa shape index (κ2) is 9.09. The van der Waals surface area contributed by atoms with E-state index in [0.29, 0.717) is 31.2 Å². The molecular weight excluding hydrogens is 496 g/mol. The van der Waals surface area contributed by atoms with Gasteiger partial charge in [-0.1, -0.05) is 48.5 Å². The summed E-state index contributed by atoms with van der Waals surface area (Å²) in [5, 5.41) is 12.6. The van der Waals surface area contributed by atoms with Gasteiger partial charge in [0.25, 0.3) is 0 Å². The number of alkyl halides is 2. The molecule has 1 saturated carbocycles. The molecule has 6 rings (SSSR count). The fourth-order valence-electron chi connectivity index (χ4n) is 5.35. The number of carboxylic acids is 1. The standard InChI is InChI=1S/C29H25F2NO6/c30-29(31)37-22-10-9-20(14-25(22)38-29)28(11-12-28)27(35)32-21-15-23(17-5-2-1-3-6-17)36-24(16-21)18-7-4-8-19(13-18)26(33)34/h1-10,13-14,21,23-24H,11-12,15-16H2,(H,32,35)(H,33,34)/t21-,23-,24+/m0/s1. The van der Waals surface area contributed by atoms with Gasteiger partial charge in [-0.3, -0.25) is 4.79 Å². The quantitative estimate of drug-likeness (QED) is 0.444. The largest absolute Gasteiger partial charge is 0.586 e. The molecule has 2 heterocycles. The van der Waals surface area contributed by atoms with E-state index in [1.54, 1.807) is 18.2 Å². The maximum absolute atomic E-state index is 13.6. The lowest BCUT2D eigenvalue weighted by Gasteiger charge is -2.37. The van der Waals surface area contributed by atoms with Gasteiger partial charge in [-0.25, -0.2) is 4.79 Å². The Bertz CT molecular complexity index is 1390. The molecule has 0 bridgehead atoms. The lowest BCUT2D eigenvalue weighted by Crippen LogP contribution is -2.45. The minimum Gasteiger partial charge on any atom is -0.478 e. The van der Waals surface area contributed by atoms with Crippen LogP contribution in [0.5, 0.6) is 11.5 Å². The Balaban J connectivity index is 1.24. The molecule has 3 aromatic rings. The first-order valence-corrected chi connectivity index (χ1v) is 12.5. The number of hydrogen-bond acceptors (Lipinski definition) is 5. The predicted octanol–water partition coefficient (Wildman–Crippen LogP) is 5.52. The van der Waals surface area contributed by atoms with E-state index in [2.05, 4.69) is 14.8 Å². The normalized spacial score (nSPS) is 24.4. The van der Waals surface area contributed by atoms with Gasteiger partial charge < -0.3 is 24.6 Å². The Morgan fingerprint density at radius 2 is 1.53 bits per heavy atom. The predicted molar refractivity (Wildman–Crippen MR) is 131 cm³/mol. The van der Waals surface area contributed by atoms with E-state index in [4.69, 9.17) is 4.74 Å². The van der Waals surface area contributed by atoms with Crippen LogP contribution < -0.4 is 14.8 Å². The molecule has 2 fully saturated rings. The average molecular weight is 522 g/mol.